The van der Waals surface area contributed by atoms with Gasteiger partial charge in [0.1, 0.15) is 0 Å². The van der Waals surface area contributed by atoms with Crippen LogP contribution in [0.15, 0.2) is 33.5 Å². The van der Waals surface area contributed by atoms with Gasteiger partial charge in [0.25, 0.3) is 0 Å². The quantitative estimate of drug-likeness (QED) is 0.792. The van der Waals surface area contributed by atoms with Crippen molar-refractivity contribution in [3.63, 3.8) is 0 Å². The Morgan fingerprint density at radius 2 is 1.83 bits per heavy atom. The Labute approximate surface area is 122 Å². The fraction of sp³-hybridized carbons (Fsp3) is 0.308. The number of hydrogen-bond acceptors (Lipinski definition) is 3. The van der Waals surface area contributed by atoms with E-state index in [4.69, 9.17) is 0 Å². The highest BCUT2D eigenvalue weighted by molar-refractivity contribution is 8.01. The van der Waals surface area contributed by atoms with E-state index in [1.165, 1.54) is 20.5 Å². The van der Waals surface area contributed by atoms with E-state index in [-0.39, 0.29) is 0 Å². The molecule has 0 amide bonds. The second-order valence-electron chi connectivity index (χ2n) is 3.36. The van der Waals surface area contributed by atoms with E-state index in [0.717, 1.165) is 12.9 Å². The Hall–Kier alpha value is 0.0600. The molecule has 0 fully saturated rings. The van der Waals surface area contributed by atoms with E-state index in [0.29, 0.717) is 0 Å². The maximum absolute atomic E-state index is 4.62. The molecule has 2 atom stereocenters. The van der Waals surface area contributed by atoms with Gasteiger partial charge >= 0.3 is 0 Å². The Balaban J connectivity index is 0.000000771. The van der Waals surface area contributed by atoms with Gasteiger partial charge in [0.05, 0.1) is 5.44 Å². The maximum atomic E-state index is 4.62. The molecular weight excluding hydrogens is 296 g/mol. The van der Waals surface area contributed by atoms with Crippen LogP contribution < -0.4 is 10.1 Å². The van der Waals surface area contributed by atoms with Gasteiger partial charge in [-0.15, -0.1) is 11.3 Å². The van der Waals surface area contributed by atoms with Crippen molar-refractivity contribution in [3.8, 4) is 0 Å². The second-order valence-corrected chi connectivity index (χ2v) is 7.68. The number of rotatable bonds is 3. The molecule has 0 saturated carbocycles. The summed E-state index contributed by atoms with van der Waals surface area (Å²) in [6.45, 7) is 8.28. The van der Waals surface area contributed by atoms with Gasteiger partial charge in [0.2, 0.25) is 0 Å². The largest absolute Gasteiger partial charge is 0.229 e. The van der Waals surface area contributed by atoms with Crippen molar-refractivity contribution in [2.45, 2.75) is 30.0 Å². The van der Waals surface area contributed by atoms with E-state index in [9.17, 15) is 0 Å². The molecule has 1 nitrogen and oxygen atoms in total. The Bertz CT molecular complexity index is 480. The van der Waals surface area contributed by atoms with Crippen LogP contribution in [0.3, 0.4) is 0 Å². The molecule has 2 unspecified atom stereocenters. The average Bonchev–Trinajstić information content (AvgIpc) is 2.75. The third-order valence-electron chi connectivity index (χ3n) is 2.10. The number of aryl methyl sites for hydroxylation is 1. The minimum Gasteiger partial charge on any atom is -0.229 e. The van der Waals surface area contributed by atoms with E-state index < -0.39 is 0 Å². The van der Waals surface area contributed by atoms with Crippen molar-refractivity contribution in [1.82, 2.24) is 4.98 Å². The van der Waals surface area contributed by atoms with Crippen molar-refractivity contribution < 1.29 is 0 Å². The summed E-state index contributed by atoms with van der Waals surface area (Å²) in [4.78, 5) is 5.88. The maximum Gasteiger partial charge on any atom is 0.155 e. The molecule has 98 valence electrons. The van der Waals surface area contributed by atoms with Gasteiger partial charge in [-0.1, -0.05) is 61.1 Å². The molecule has 2 rings (SSSR count). The predicted octanol–water partition coefficient (Wildman–Crippen LogP) is 4.06. The second kappa shape index (κ2) is 8.27. The molecular formula is C13H19NP2S2. The number of benzene rings is 1. The van der Waals surface area contributed by atoms with Gasteiger partial charge in [-0.2, -0.15) is 0 Å². The first-order chi connectivity index (χ1) is 8.69. The van der Waals surface area contributed by atoms with Gasteiger partial charge in [0, 0.05) is 9.51 Å². The van der Waals surface area contributed by atoms with Crippen LogP contribution in [0, 0.1) is 6.92 Å². The van der Waals surface area contributed by atoms with Crippen LogP contribution in [0.5, 0.6) is 0 Å². The first-order valence-electron chi connectivity index (χ1n) is 5.87. The zero-order chi connectivity index (χ0) is 13.5. The van der Waals surface area contributed by atoms with Gasteiger partial charge < -0.3 is 0 Å². The summed E-state index contributed by atoms with van der Waals surface area (Å²) in [6.07, 6.45) is 0. The van der Waals surface area contributed by atoms with Crippen LogP contribution in [-0.4, -0.2) is 11.6 Å². The third-order valence-corrected chi connectivity index (χ3v) is 6.00. The lowest BCUT2D eigenvalue weighted by Gasteiger charge is -1.97. The molecule has 18 heavy (non-hydrogen) atoms. The van der Waals surface area contributed by atoms with Crippen molar-refractivity contribution >= 4 is 51.0 Å². The fourth-order valence-corrected chi connectivity index (χ4v) is 5.22. The van der Waals surface area contributed by atoms with Gasteiger partial charge in [-0.05, 0) is 25.7 Å². The highest BCUT2D eigenvalue weighted by Gasteiger charge is 2.07. The van der Waals surface area contributed by atoms with E-state index in [2.05, 4.69) is 52.1 Å². The lowest BCUT2D eigenvalue weighted by Crippen LogP contribution is -2.07. The summed E-state index contributed by atoms with van der Waals surface area (Å²) in [6, 6.07) is 8.58. The molecule has 1 aromatic heterocycles. The summed E-state index contributed by atoms with van der Waals surface area (Å²) < 4.78 is 2.41. The lowest BCUT2D eigenvalue weighted by molar-refractivity contribution is 1.28. The van der Waals surface area contributed by atoms with Crippen molar-refractivity contribution in [2.24, 2.45) is 0 Å². The summed E-state index contributed by atoms with van der Waals surface area (Å²) in [5, 5.41) is 0. The Morgan fingerprint density at radius 1 is 1.22 bits per heavy atom. The number of aromatic nitrogens is 1. The minimum atomic E-state index is 0.774. The third kappa shape index (κ3) is 4.63. The zero-order valence-corrected chi connectivity index (χ0v) is 14.9. The van der Waals surface area contributed by atoms with Crippen LogP contribution in [0.4, 0.5) is 0 Å². The zero-order valence-electron chi connectivity index (χ0n) is 11.2. The van der Waals surface area contributed by atoms with Crippen molar-refractivity contribution in [3.05, 3.63) is 29.8 Å². The molecule has 0 aliphatic heterocycles. The SMILES string of the molecule is CC.CPc1nc(Sc2ccc(C)cc2)sc1P. The molecule has 0 bridgehead atoms. The van der Waals surface area contributed by atoms with E-state index in [1.807, 2.05) is 13.8 Å². The Morgan fingerprint density at radius 3 is 2.33 bits per heavy atom. The first-order valence-corrected chi connectivity index (χ1v) is 9.58. The smallest absolute Gasteiger partial charge is 0.155 e. The molecule has 0 aliphatic carbocycles. The van der Waals surface area contributed by atoms with Crippen LogP contribution in [0.25, 0.3) is 0 Å². The average molecular weight is 315 g/mol. The number of nitrogens with zero attached hydrogens (tertiary/aromatic N) is 1. The van der Waals surface area contributed by atoms with Gasteiger partial charge in [-0.25, -0.2) is 4.98 Å². The number of thiazole rings is 1. The topological polar surface area (TPSA) is 12.9 Å². The van der Waals surface area contributed by atoms with Crippen molar-refractivity contribution in [1.29, 1.82) is 0 Å². The fourth-order valence-electron chi connectivity index (χ4n) is 1.24. The highest BCUT2D eigenvalue weighted by Crippen LogP contribution is 2.29. The molecule has 0 radical (unpaired) electrons. The molecule has 1 aromatic carbocycles. The molecule has 1 heterocycles. The van der Waals surface area contributed by atoms with Gasteiger partial charge in [-0.3, -0.25) is 0 Å². The molecule has 0 N–H and O–H groups in total. The molecule has 0 spiro atoms. The summed E-state index contributed by atoms with van der Waals surface area (Å²) in [7, 11) is 3.55. The van der Waals surface area contributed by atoms with E-state index >= 15 is 0 Å². The van der Waals surface area contributed by atoms with Gasteiger partial charge in [0.15, 0.2) is 4.34 Å². The summed E-state index contributed by atoms with van der Waals surface area (Å²) in [5.74, 6) is 0. The van der Waals surface area contributed by atoms with Crippen LogP contribution in [0.1, 0.15) is 19.4 Å². The Kier molecular flexibility index (Phi) is 7.41. The standard InChI is InChI=1S/C11H13NP2S2.C2H6/c1-7-3-5-8(6-4-7)15-11-12-9(14-2)10(13)16-11;1-2/h3-6,14H,13H2,1-2H3;1-2H3. The van der Waals surface area contributed by atoms with E-state index in [1.54, 1.807) is 23.1 Å². The normalized spacial score (nSPS) is 10.5. The monoisotopic (exact) mass is 315 g/mol. The molecule has 5 heteroatoms. The lowest BCUT2D eigenvalue weighted by atomic mass is 10.2. The molecule has 0 saturated heterocycles. The summed E-state index contributed by atoms with van der Waals surface area (Å²) in [5.41, 5.74) is 2.52. The van der Waals surface area contributed by atoms with Crippen LogP contribution in [-0.2, 0) is 0 Å². The predicted molar refractivity (Wildman–Crippen MR) is 92.0 cm³/mol. The van der Waals surface area contributed by atoms with Crippen molar-refractivity contribution in [2.75, 3.05) is 6.66 Å². The first kappa shape index (κ1) is 16.1. The highest BCUT2D eigenvalue weighted by atomic mass is 32.2. The van der Waals surface area contributed by atoms with Crippen LogP contribution >= 0.6 is 40.9 Å². The molecule has 0 aliphatic rings. The number of hydrogen-bond donors (Lipinski definition) is 0. The minimum absolute atomic E-state index is 0.774. The molecule has 2 aromatic rings. The van der Waals surface area contributed by atoms with Crippen LogP contribution in [0.2, 0.25) is 0 Å². The summed E-state index contributed by atoms with van der Waals surface area (Å²) >= 11 is 3.50.